The molecule has 0 aliphatic rings. The van der Waals surface area contributed by atoms with Crippen LogP contribution in [-0.4, -0.2) is 33.5 Å². The predicted octanol–water partition coefficient (Wildman–Crippen LogP) is 6.57. The van der Waals surface area contributed by atoms with Crippen molar-refractivity contribution < 1.29 is 59.2 Å². The van der Waals surface area contributed by atoms with E-state index in [4.69, 9.17) is 18.9 Å². The molecule has 0 unspecified atom stereocenters. The summed E-state index contributed by atoms with van der Waals surface area (Å²) in [5, 5.41) is 11.0. The maximum absolute atomic E-state index is 15.0. The van der Waals surface area contributed by atoms with Crippen molar-refractivity contribution in [3.05, 3.63) is 83.2 Å². The van der Waals surface area contributed by atoms with E-state index in [1.165, 1.54) is 64.8 Å². The molecule has 4 aromatic carbocycles. The lowest BCUT2D eigenvalue weighted by Crippen LogP contribution is -2.27. The molecule has 4 aromatic rings. The van der Waals surface area contributed by atoms with Crippen molar-refractivity contribution in [3.63, 3.8) is 0 Å². The second-order valence-electron chi connectivity index (χ2n) is 8.69. The van der Waals surface area contributed by atoms with Gasteiger partial charge in [0.05, 0.1) is 50.2 Å². The summed E-state index contributed by atoms with van der Waals surface area (Å²) in [6.45, 7) is 0. The summed E-state index contributed by atoms with van der Waals surface area (Å²) in [5.41, 5.74) is -4.61. The number of rotatable bonds is 8. The number of aromatic hydroxyl groups is 1. The number of phenolic OH excluding ortho intramolecular Hbond substituents is 1. The van der Waals surface area contributed by atoms with Crippen molar-refractivity contribution in [2.45, 2.75) is 6.18 Å². The van der Waals surface area contributed by atoms with Crippen LogP contribution in [0.1, 0.15) is 5.56 Å². The van der Waals surface area contributed by atoms with Gasteiger partial charge >= 0.3 is 6.18 Å². The second kappa shape index (κ2) is 12.2. The first-order valence-corrected chi connectivity index (χ1v) is 13.3. The van der Waals surface area contributed by atoms with E-state index < -0.39 is 70.9 Å². The summed E-state index contributed by atoms with van der Waals surface area (Å²) in [7, 11) is 2.51. The van der Waals surface area contributed by atoms with Crippen LogP contribution in [0.4, 0.5) is 35.1 Å². The molecule has 0 heterocycles. The molecule has 0 aromatic heterocycles. The molecule has 228 valence electrons. The molecule has 0 atom stereocenters. The molecule has 0 fully saturated rings. The van der Waals surface area contributed by atoms with Crippen LogP contribution >= 0.6 is 7.92 Å². The Kier molecular flexibility index (Phi) is 8.96. The van der Waals surface area contributed by atoms with Crippen LogP contribution in [0, 0.1) is 29.1 Å². The molecule has 1 N–H and O–H groups in total. The Morgan fingerprint density at radius 1 is 0.605 bits per heavy atom. The highest BCUT2D eigenvalue weighted by atomic mass is 31.1. The molecule has 14 heteroatoms. The zero-order valence-corrected chi connectivity index (χ0v) is 23.6. The number of phenols is 1. The monoisotopic (exact) mass is 632 g/mol. The van der Waals surface area contributed by atoms with Crippen LogP contribution in [-0.2, 0) is 6.18 Å². The zero-order chi connectivity index (χ0) is 31.8. The predicted molar refractivity (Wildman–Crippen MR) is 143 cm³/mol. The Balaban J connectivity index is 2.28. The fourth-order valence-electron chi connectivity index (χ4n) is 4.44. The highest BCUT2D eigenvalue weighted by Crippen LogP contribution is 2.50. The van der Waals surface area contributed by atoms with Gasteiger partial charge in [0, 0.05) is 18.8 Å². The number of ether oxygens (including phenoxy) is 4. The highest BCUT2D eigenvalue weighted by molar-refractivity contribution is 7.80. The minimum absolute atomic E-state index is 0.0630. The van der Waals surface area contributed by atoms with Gasteiger partial charge in [0.1, 0.15) is 28.7 Å². The van der Waals surface area contributed by atoms with Crippen molar-refractivity contribution in [2.75, 3.05) is 28.4 Å². The fourth-order valence-corrected chi connectivity index (χ4v) is 7.29. The van der Waals surface area contributed by atoms with E-state index in [0.717, 1.165) is 0 Å². The average molecular weight is 632 g/mol. The van der Waals surface area contributed by atoms with E-state index in [-0.39, 0.29) is 39.7 Å². The summed E-state index contributed by atoms with van der Waals surface area (Å²) < 4.78 is 137. The molecule has 0 amide bonds. The van der Waals surface area contributed by atoms with Crippen LogP contribution < -0.4 is 34.9 Å². The number of hydrogen-bond acceptors (Lipinski definition) is 5. The molecule has 0 bridgehead atoms. The summed E-state index contributed by atoms with van der Waals surface area (Å²) in [5.74, 6) is -13.2. The SMILES string of the molecule is COc1cccc(OC)c1P(c1cc(C(F)(F)F)cc(-c2c(F)c(F)c(F)c(F)c2F)c1O)c1c(OC)cccc1OC. The smallest absolute Gasteiger partial charge is 0.416 e. The lowest BCUT2D eigenvalue weighted by Gasteiger charge is -2.28. The molecule has 0 aliphatic heterocycles. The maximum atomic E-state index is 15.0. The van der Waals surface area contributed by atoms with Crippen molar-refractivity contribution in [2.24, 2.45) is 0 Å². The number of benzene rings is 4. The minimum atomic E-state index is -5.21. The fraction of sp³-hybridized carbons (Fsp3) is 0.172. The lowest BCUT2D eigenvalue weighted by molar-refractivity contribution is -0.137. The van der Waals surface area contributed by atoms with Crippen LogP contribution in [0.3, 0.4) is 0 Å². The van der Waals surface area contributed by atoms with Crippen molar-refractivity contribution in [1.29, 1.82) is 0 Å². The van der Waals surface area contributed by atoms with Crippen LogP contribution in [0.15, 0.2) is 48.5 Å². The second-order valence-corrected chi connectivity index (χ2v) is 10.7. The lowest BCUT2D eigenvalue weighted by atomic mass is 9.99. The maximum Gasteiger partial charge on any atom is 0.416 e. The van der Waals surface area contributed by atoms with E-state index >= 15 is 0 Å². The van der Waals surface area contributed by atoms with Crippen molar-refractivity contribution in [1.82, 2.24) is 0 Å². The standard InChI is InChI=1S/C29H21F8O5P/c1-39-15-7-5-8-16(40-2)27(15)43(28-17(41-3)9-6-10-18(28)42-4)19-12-13(29(35,36)37)11-14(26(19)38)20-21(30)23(32)25(34)24(33)22(20)31/h5-12,38H,1-4H3. The van der Waals surface area contributed by atoms with Gasteiger partial charge in [-0.3, -0.25) is 0 Å². The van der Waals surface area contributed by atoms with Crippen LogP contribution in [0.2, 0.25) is 0 Å². The summed E-state index contributed by atoms with van der Waals surface area (Å²) in [6, 6.07) is 9.43. The number of halogens is 8. The first kappa shape index (κ1) is 31.7. The van der Waals surface area contributed by atoms with E-state index in [1.54, 1.807) is 0 Å². The van der Waals surface area contributed by atoms with Gasteiger partial charge in [-0.25, -0.2) is 22.0 Å². The average Bonchev–Trinajstić information content (AvgIpc) is 2.99. The van der Waals surface area contributed by atoms with Crippen molar-refractivity contribution in [3.8, 4) is 39.9 Å². The van der Waals surface area contributed by atoms with E-state index in [0.29, 0.717) is 6.07 Å². The first-order chi connectivity index (χ1) is 20.3. The van der Waals surface area contributed by atoms with E-state index in [9.17, 15) is 40.2 Å². The van der Waals surface area contributed by atoms with Crippen LogP contribution in [0.25, 0.3) is 11.1 Å². The summed E-state index contributed by atoms with van der Waals surface area (Å²) in [6.07, 6.45) is -5.21. The van der Waals surface area contributed by atoms with Gasteiger partial charge in [-0.05, 0) is 36.4 Å². The molecular formula is C29H21F8O5P. The molecule has 0 spiro atoms. The summed E-state index contributed by atoms with van der Waals surface area (Å²) in [4.78, 5) is 0. The van der Waals surface area contributed by atoms with Gasteiger partial charge in [-0.1, -0.05) is 12.1 Å². The topological polar surface area (TPSA) is 57.2 Å². The number of hydrogen-bond donors (Lipinski definition) is 1. The Bertz CT molecular complexity index is 1560. The molecule has 0 aliphatic carbocycles. The Labute approximate surface area is 240 Å². The molecule has 5 nitrogen and oxygen atoms in total. The quantitative estimate of drug-likeness (QED) is 0.103. The first-order valence-electron chi connectivity index (χ1n) is 12.0. The third-order valence-corrected chi connectivity index (χ3v) is 8.99. The molecule has 0 saturated carbocycles. The normalized spacial score (nSPS) is 11.6. The number of alkyl halides is 3. The van der Waals surface area contributed by atoms with Gasteiger partial charge in [0.15, 0.2) is 23.3 Å². The highest BCUT2D eigenvalue weighted by Gasteiger charge is 2.39. The van der Waals surface area contributed by atoms with E-state index in [1.807, 2.05) is 0 Å². The van der Waals surface area contributed by atoms with Gasteiger partial charge in [0.25, 0.3) is 0 Å². The summed E-state index contributed by atoms with van der Waals surface area (Å²) >= 11 is 0. The van der Waals surface area contributed by atoms with Crippen LogP contribution in [0.5, 0.6) is 28.7 Å². The van der Waals surface area contributed by atoms with E-state index in [2.05, 4.69) is 0 Å². The van der Waals surface area contributed by atoms with Gasteiger partial charge < -0.3 is 24.1 Å². The zero-order valence-electron chi connectivity index (χ0n) is 22.7. The Hall–Kier alpha value is -4.25. The third kappa shape index (κ3) is 5.49. The minimum Gasteiger partial charge on any atom is -0.507 e. The molecule has 0 saturated heterocycles. The molecule has 43 heavy (non-hydrogen) atoms. The molecule has 4 rings (SSSR count). The molecule has 0 radical (unpaired) electrons. The molecular weight excluding hydrogens is 611 g/mol. The van der Waals surface area contributed by atoms with Gasteiger partial charge in [0.2, 0.25) is 5.82 Å². The van der Waals surface area contributed by atoms with Gasteiger partial charge in [-0.15, -0.1) is 0 Å². The van der Waals surface area contributed by atoms with Gasteiger partial charge in [-0.2, -0.15) is 13.2 Å². The third-order valence-electron chi connectivity index (χ3n) is 6.39. The Morgan fingerprint density at radius 3 is 1.33 bits per heavy atom. The largest absolute Gasteiger partial charge is 0.507 e. The Morgan fingerprint density at radius 2 is 0.977 bits per heavy atom. The number of methoxy groups -OCH3 is 4. The van der Waals surface area contributed by atoms with Crippen molar-refractivity contribution >= 4 is 23.8 Å².